The predicted molar refractivity (Wildman–Crippen MR) is 90.1 cm³/mol. The molecular weight excluding hydrogens is 310 g/mol. The molecule has 1 heterocycles. The molecule has 0 aliphatic heterocycles. The summed E-state index contributed by atoms with van der Waals surface area (Å²) < 4.78 is 0. The molecule has 114 valence electrons. The molecule has 5 heteroatoms. The maximum absolute atomic E-state index is 12.1. The van der Waals surface area contributed by atoms with E-state index in [2.05, 4.69) is 15.3 Å². The molecule has 0 fully saturated rings. The lowest BCUT2D eigenvalue weighted by Crippen LogP contribution is -2.23. The molecule has 0 saturated carbocycles. The van der Waals surface area contributed by atoms with Gasteiger partial charge in [-0.25, -0.2) is 9.97 Å². The van der Waals surface area contributed by atoms with Crippen LogP contribution < -0.4 is 5.32 Å². The zero-order chi connectivity index (χ0) is 16.1. The number of halogens is 1. The van der Waals surface area contributed by atoms with E-state index in [9.17, 15) is 4.79 Å². The number of amides is 1. The van der Waals surface area contributed by atoms with Gasteiger partial charge in [0.1, 0.15) is 6.33 Å². The molecule has 23 heavy (non-hydrogen) atoms. The summed E-state index contributed by atoms with van der Waals surface area (Å²) in [5.74, 6) is -0.165. The standard InChI is InChI=1S/C18H14ClN3O/c19-15-8-6-14(7-9-15)18(23)20-11-16-10-17(22-12-21-16)13-4-2-1-3-5-13/h1-10,12H,11H2,(H,20,23). The molecule has 0 bridgehead atoms. The number of carbonyl (C=O) groups excluding carboxylic acids is 1. The van der Waals surface area contributed by atoms with Gasteiger partial charge in [-0.1, -0.05) is 41.9 Å². The van der Waals surface area contributed by atoms with Crippen LogP contribution in [-0.2, 0) is 6.54 Å². The Bertz CT molecular complexity index is 804. The first kappa shape index (κ1) is 15.2. The maximum atomic E-state index is 12.1. The van der Waals surface area contributed by atoms with Crippen molar-refractivity contribution in [3.63, 3.8) is 0 Å². The van der Waals surface area contributed by atoms with Crippen LogP contribution in [-0.4, -0.2) is 15.9 Å². The Hall–Kier alpha value is -2.72. The van der Waals surface area contributed by atoms with Crippen molar-refractivity contribution in [1.82, 2.24) is 15.3 Å². The second kappa shape index (κ2) is 7.03. The van der Waals surface area contributed by atoms with Crippen LogP contribution >= 0.6 is 11.6 Å². The van der Waals surface area contributed by atoms with Gasteiger partial charge in [-0.3, -0.25) is 4.79 Å². The summed E-state index contributed by atoms with van der Waals surface area (Å²) in [6, 6.07) is 18.5. The highest BCUT2D eigenvalue weighted by Gasteiger charge is 2.06. The van der Waals surface area contributed by atoms with Crippen molar-refractivity contribution in [2.45, 2.75) is 6.54 Å². The van der Waals surface area contributed by atoms with Gasteiger partial charge in [-0.05, 0) is 30.3 Å². The number of aromatic nitrogens is 2. The Morgan fingerprint density at radius 2 is 1.74 bits per heavy atom. The van der Waals surface area contributed by atoms with Crippen LogP contribution in [0.25, 0.3) is 11.3 Å². The molecule has 0 radical (unpaired) electrons. The van der Waals surface area contributed by atoms with Gasteiger partial charge in [0.2, 0.25) is 0 Å². The number of nitrogens with one attached hydrogen (secondary N) is 1. The van der Waals surface area contributed by atoms with Crippen molar-refractivity contribution in [2.24, 2.45) is 0 Å². The van der Waals surface area contributed by atoms with Crippen molar-refractivity contribution in [2.75, 3.05) is 0 Å². The summed E-state index contributed by atoms with van der Waals surface area (Å²) in [6.45, 7) is 0.337. The number of carbonyl (C=O) groups is 1. The lowest BCUT2D eigenvalue weighted by molar-refractivity contribution is 0.0950. The molecule has 0 saturated heterocycles. The zero-order valence-electron chi connectivity index (χ0n) is 12.2. The Labute approximate surface area is 139 Å². The SMILES string of the molecule is O=C(NCc1cc(-c2ccccc2)ncn1)c1ccc(Cl)cc1. The predicted octanol–water partition coefficient (Wildman–Crippen LogP) is 3.73. The van der Waals surface area contributed by atoms with Gasteiger partial charge in [0.15, 0.2) is 0 Å². The second-order valence-corrected chi connectivity index (χ2v) is 5.39. The topological polar surface area (TPSA) is 54.9 Å². The van der Waals surface area contributed by atoms with E-state index in [1.54, 1.807) is 24.3 Å². The van der Waals surface area contributed by atoms with Crippen LogP contribution in [0.4, 0.5) is 0 Å². The van der Waals surface area contributed by atoms with Crippen molar-refractivity contribution in [3.8, 4) is 11.3 Å². The van der Waals surface area contributed by atoms with Gasteiger partial charge in [-0.2, -0.15) is 0 Å². The van der Waals surface area contributed by atoms with E-state index >= 15 is 0 Å². The molecule has 0 aliphatic rings. The molecule has 1 N–H and O–H groups in total. The van der Waals surface area contributed by atoms with Gasteiger partial charge in [0.25, 0.3) is 5.91 Å². The fourth-order valence-electron chi connectivity index (χ4n) is 2.14. The monoisotopic (exact) mass is 323 g/mol. The first-order valence-corrected chi connectivity index (χ1v) is 7.50. The van der Waals surface area contributed by atoms with E-state index in [4.69, 9.17) is 11.6 Å². The fraction of sp³-hybridized carbons (Fsp3) is 0.0556. The third kappa shape index (κ3) is 3.93. The summed E-state index contributed by atoms with van der Waals surface area (Å²) in [4.78, 5) is 20.6. The summed E-state index contributed by atoms with van der Waals surface area (Å²) in [6.07, 6.45) is 1.51. The van der Waals surface area contributed by atoms with Gasteiger partial charge in [0, 0.05) is 16.1 Å². The molecule has 3 aromatic rings. The normalized spacial score (nSPS) is 10.3. The molecule has 0 atom stereocenters. The molecule has 0 unspecified atom stereocenters. The van der Waals surface area contributed by atoms with Crippen LogP contribution in [0, 0.1) is 0 Å². The lowest BCUT2D eigenvalue weighted by Gasteiger charge is -2.06. The van der Waals surface area contributed by atoms with E-state index in [1.165, 1.54) is 6.33 Å². The molecular formula is C18H14ClN3O. The zero-order valence-corrected chi connectivity index (χ0v) is 13.0. The van der Waals surface area contributed by atoms with E-state index in [1.807, 2.05) is 36.4 Å². The molecule has 1 amide bonds. The van der Waals surface area contributed by atoms with Gasteiger partial charge in [0.05, 0.1) is 17.9 Å². The summed E-state index contributed by atoms with van der Waals surface area (Å²) >= 11 is 5.82. The molecule has 4 nitrogen and oxygen atoms in total. The minimum Gasteiger partial charge on any atom is -0.346 e. The third-order valence-corrected chi connectivity index (χ3v) is 3.58. The number of benzene rings is 2. The Kier molecular flexibility index (Phi) is 4.64. The van der Waals surface area contributed by atoms with Gasteiger partial charge < -0.3 is 5.32 Å². The average molecular weight is 324 g/mol. The van der Waals surface area contributed by atoms with E-state index < -0.39 is 0 Å². The second-order valence-electron chi connectivity index (χ2n) is 4.95. The van der Waals surface area contributed by atoms with Crippen LogP contribution in [0.15, 0.2) is 67.0 Å². The first-order chi connectivity index (χ1) is 11.2. The molecule has 3 rings (SSSR count). The largest absolute Gasteiger partial charge is 0.346 e. The Morgan fingerprint density at radius 3 is 2.48 bits per heavy atom. The number of rotatable bonds is 4. The smallest absolute Gasteiger partial charge is 0.251 e. The van der Waals surface area contributed by atoms with Crippen molar-refractivity contribution >= 4 is 17.5 Å². The van der Waals surface area contributed by atoms with Gasteiger partial charge in [-0.15, -0.1) is 0 Å². The highest BCUT2D eigenvalue weighted by Crippen LogP contribution is 2.16. The van der Waals surface area contributed by atoms with Crippen molar-refractivity contribution in [3.05, 3.63) is 83.3 Å². The molecule has 2 aromatic carbocycles. The third-order valence-electron chi connectivity index (χ3n) is 3.33. The highest BCUT2D eigenvalue weighted by molar-refractivity contribution is 6.30. The van der Waals surface area contributed by atoms with Crippen molar-refractivity contribution < 1.29 is 4.79 Å². The fourth-order valence-corrected chi connectivity index (χ4v) is 2.26. The van der Waals surface area contributed by atoms with E-state index in [0.717, 1.165) is 17.0 Å². The summed E-state index contributed by atoms with van der Waals surface area (Å²) in [5, 5.41) is 3.44. The summed E-state index contributed by atoms with van der Waals surface area (Å²) in [5.41, 5.74) is 3.16. The lowest BCUT2D eigenvalue weighted by atomic mass is 10.1. The minimum atomic E-state index is -0.165. The minimum absolute atomic E-state index is 0.165. The average Bonchev–Trinajstić information content (AvgIpc) is 2.61. The molecule has 1 aromatic heterocycles. The molecule has 0 aliphatic carbocycles. The van der Waals surface area contributed by atoms with Gasteiger partial charge >= 0.3 is 0 Å². The van der Waals surface area contributed by atoms with Crippen molar-refractivity contribution in [1.29, 1.82) is 0 Å². The van der Waals surface area contributed by atoms with Crippen LogP contribution in [0.1, 0.15) is 16.1 Å². The summed E-state index contributed by atoms with van der Waals surface area (Å²) in [7, 11) is 0. The van der Waals surface area contributed by atoms with Crippen LogP contribution in [0.3, 0.4) is 0 Å². The Morgan fingerprint density at radius 1 is 1.00 bits per heavy atom. The number of nitrogens with zero attached hydrogens (tertiary/aromatic N) is 2. The quantitative estimate of drug-likeness (QED) is 0.796. The Balaban J connectivity index is 1.69. The van der Waals surface area contributed by atoms with Crippen LogP contribution in [0.2, 0.25) is 5.02 Å². The molecule has 0 spiro atoms. The highest BCUT2D eigenvalue weighted by atomic mass is 35.5. The van der Waals surface area contributed by atoms with E-state index in [0.29, 0.717) is 17.1 Å². The van der Waals surface area contributed by atoms with E-state index in [-0.39, 0.29) is 5.91 Å². The first-order valence-electron chi connectivity index (χ1n) is 7.12. The maximum Gasteiger partial charge on any atom is 0.251 e. The number of hydrogen-bond donors (Lipinski definition) is 1. The number of hydrogen-bond acceptors (Lipinski definition) is 3. The van der Waals surface area contributed by atoms with Crippen LogP contribution in [0.5, 0.6) is 0 Å².